The molecule has 1 aliphatic heterocycles. The summed E-state index contributed by atoms with van der Waals surface area (Å²) in [5.41, 5.74) is 6.14. The molecule has 0 spiro atoms. The van der Waals surface area contributed by atoms with Crippen LogP contribution in [0.4, 0.5) is 5.69 Å². The molecule has 0 radical (unpaired) electrons. The molecule has 5 nitrogen and oxygen atoms in total. The normalized spacial score (nSPS) is 19.1. The molecule has 110 valence electrons. The van der Waals surface area contributed by atoms with Gasteiger partial charge in [0.05, 0.1) is 13.0 Å². The van der Waals surface area contributed by atoms with Gasteiger partial charge in [-0.3, -0.25) is 4.79 Å². The van der Waals surface area contributed by atoms with Crippen molar-refractivity contribution in [3.63, 3.8) is 0 Å². The first kappa shape index (κ1) is 14.7. The number of nitrogens with two attached hydrogens (primary N) is 1. The molecule has 1 unspecified atom stereocenters. The first-order chi connectivity index (χ1) is 9.74. The van der Waals surface area contributed by atoms with E-state index in [2.05, 4.69) is 5.32 Å². The summed E-state index contributed by atoms with van der Waals surface area (Å²) in [6, 6.07) is 8.25. The first-order valence-electron chi connectivity index (χ1n) is 7.09. The third-order valence-corrected chi connectivity index (χ3v) is 3.29. The molecule has 1 fully saturated rings. The Morgan fingerprint density at radius 1 is 1.30 bits per heavy atom. The smallest absolute Gasteiger partial charge is 0.220 e. The Balaban J connectivity index is 1.79. The minimum atomic E-state index is -0.348. The van der Waals surface area contributed by atoms with Crippen LogP contribution in [0.25, 0.3) is 0 Å². The van der Waals surface area contributed by atoms with Crippen molar-refractivity contribution in [3.05, 3.63) is 24.3 Å². The maximum absolute atomic E-state index is 10.6. The first-order valence-corrected chi connectivity index (χ1v) is 7.09. The number of rotatable bonds is 6. The Morgan fingerprint density at radius 2 is 2.10 bits per heavy atom. The van der Waals surface area contributed by atoms with Crippen molar-refractivity contribution in [2.75, 3.05) is 25.1 Å². The second-order valence-corrected chi connectivity index (χ2v) is 4.97. The van der Waals surface area contributed by atoms with Gasteiger partial charge in [0.15, 0.2) is 0 Å². The molecule has 0 bridgehead atoms. The number of amides is 1. The van der Waals surface area contributed by atoms with Gasteiger partial charge in [-0.25, -0.2) is 0 Å². The fraction of sp³-hybridized carbons (Fsp3) is 0.533. The fourth-order valence-corrected chi connectivity index (χ4v) is 2.20. The van der Waals surface area contributed by atoms with Crippen molar-refractivity contribution < 1.29 is 14.3 Å². The lowest BCUT2D eigenvalue weighted by molar-refractivity contribution is -0.118. The van der Waals surface area contributed by atoms with E-state index in [-0.39, 0.29) is 12.3 Å². The Kier molecular flexibility index (Phi) is 5.68. The van der Waals surface area contributed by atoms with Crippen LogP contribution in [0.3, 0.4) is 0 Å². The summed E-state index contributed by atoms with van der Waals surface area (Å²) in [5, 5.41) is 3.51. The van der Waals surface area contributed by atoms with Crippen molar-refractivity contribution >= 4 is 11.6 Å². The van der Waals surface area contributed by atoms with Gasteiger partial charge in [0.25, 0.3) is 0 Å². The van der Waals surface area contributed by atoms with Crippen molar-refractivity contribution in [2.45, 2.75) is 31.7 Å². The van der Waals surface area contributed by atoms with Gasteiger partial charge >= 0.3 is 0 Å². The van der Waals surface area contributed by atoms with Gasteiger partial charge in [0.1, 0.15) is 5.75 Å². The van der Waals surface area contributed by atoms with Gasteiger partial charge in [0, 0.05) is 24.9 Å². The van der Waals surface area contributed by atoms with E-state index in [1.165, 1.54) is 0 Å². The Bertz CT molecular complexity index is 412. The fourth-order valence-electron chi connectivity index (χ4n) is 2.20. The Hall–Kier alpha value is -1.75. The van der Waals surface area contributed by atoms with Crippen molar-refractivity contribution in [1.82, 2.24) is 0 Å². The SMILES string of the molecule is NC(=O)CCOc1ccc(NC2CCCOCC2)cc1. The molecule has 0 aromatic heterocycles. The topological polar surface area (TPSA) is 73.6 Å². The number of primary amides is 1. The number of hydrogen-bond donors (Lipinski definition) is 2. The highest BCUT2D eigenvalue weighted by atomic mass is 16.5. The Labute approximate surface area is 119 Å². The summed E-state index contributed by atoms with van der Waals surface area (Å²) in [6.45, 7) is 2.01. The number of carbonyl (C=O) groups excluding carboxylic acids is 1. The highest BCUT2D eigenvalue weighted by Crippen LogP contribution is 2.19. The molecule has 1 aliphatic rings. The zero-order valence-corrected chi connectivity index (χ0v) is 11.6. The minimum absolute atomic E-state index is 0.238. The largest absolute Gasteiger partial charge is 0.493 e. The van der Waals surface area contributed by atoms with E-state index in [1.807, 2.05) is 24.3 Å². The second-order valence-electron chi connectivity index (χ2n) is 4.97. The van der Waals surface area contributed by atoms with Crippen LogP contribution in [0, 0.1) is 0 Å². The summed E-state index contributed by atoms with van der Waals surface area (Å²) in [4.78, 5) is 10.6. The highest BCUT2D eigenvalue weighted by molar-refractivity contribution is 5.73. The summed E-state index contributed by atoms with van der Waals surface area (Å²) in [6.07, 6.45) is 3.52. The molecule has 0 saturated carbocycles. The van der Waals surface area contributed by atoms with Crippen LogP contribution in [-0.2, 0) is 9.53 Å². The molecule has 0 aliphatic carbocycles. The minimum Gasteiger partial charge on any atom is -0.493 e. The van der Waals surface area contributed by atoms with Crippen LogP contribution < -0.4 is 15.8 Å². The third kappa shape index (κ3) is 5.09. The quantitative estimate of drug-likeness (QED) is 0.833. The molecule has 1 saturated heterocycles. The predicted molar refractivity (Wildman–Crippen MR) is 77.8 cm³/mol. The molecular formula is C15H22N2O3. The van der Waals surface area contributed by atoms with Gasteiger partial charge in [-0.1, -0.05) is 0 Å². The molecule has 2 rings (SSSR count). The van der Waals surface area contributed by atoms with Crippen molar-refractivity contribution in [2.24, 2.45) is 5.73 Å². The molecule has 1 aromatic rings. The number of nitrogens with one attached hydrogen (secondary N) is 1. The van der Waals surface area contributed by atoms with Crippen LogP contribution in [0.1, 0.15) is 25.7 Å². The Morgan fingerprint density at radius 3 is 2.85 bits per heavy atom. The van der Waals surface area contributed by atoms with Crippen molar-refractivity contribution in [3.8, 4) is 5.75 Å². The molecule has 1 aromatic carbocycles. The van der Waals surface area contributed by atoms with Crippen LogP contribution in [0.5, 0.6) is 5.75 Å². The summed E-state index contributed by atoms with van der Waals surface area (Å²) >= 11 is 0. The number of anilines is 1. The lowest BCUT2D eigenvalue weighted by atomic mass is 10.1. The average Bonchev–Trinajstić information content (AvgIpc) is 2.69. The van der Waals surface area contributed by atoms with Crippen LogP contribution in [-0.4, -0.2) is 31.8 Å². The third-order valence-electron chi connectivity index (χ3n) is 3.29. The van der Waals surface area contributed by atoms with E-state index in [4.69, 9.17) is 15.2 Å². The number of benzene rings is 1. The van der Waals surface area contributed by atoms with Gasteiger partial charge in [0.2, 0.25) is 5.91 Å². The number of ether oxygens (including phenoxy) is 2. The standard InChI is InChI=1S/C15H22N2O3/c16-15(18)8-11-20-14-5-3-13(4-6-14)17-12-2-1-9-19-10-7-12/h3-6,12,17H,1-2,7-11H2,(H2,16,18). The predicted octanol–water partition coefficient (Wildman–Crippen LogP) is 1.92. The lowest BCUT2D eigenvalue weighted by Crippen LogP contribution is -2.19. The summed E-state index contributed by atoms with van der Waals surface area (Å²) in [5.74, 6) is 0.403. The molecule has 20 heavy (non-hydrogen) atoms. The average molecular weight is 278 g/mol. The molecule has 1 heterocycles. The molecule has 1 atom stereocenters. The maximum atomic E-state index is 10.6. The van der Waals surface area contributed by atoms with E-state index in [0.717, 1.165) is 43.9 Å². The molecule has 1 amide bonds. The van der Waals surface area contributed by atoms with E-state index in [0.29, 0.717) is 12.6 Å². The van der Waals surface area contributed by atoms with Crippen LogP contribution in [0.2, 0.25) is 0 Å². The van der Waals surface area contributed by atoms with Gasteiger partial charge in [-0.2, -0.15) is 0 Å². The number of hydrogen-bond acceptors (Lipinski definition) is 4. The van der Waals surface area contributed by atoms with Gasteiger partial charge < -0.3 is 20.5 Å². The monoisotopic (exact) mass is 278 g/mol. The molecular weight excluding hydrogens is 256 g/mol. The van der Waals surface area contributed by atoms with E-state index in [1.54, 1.807) is 0 Å². The zero-order valence-electron chi connectivity index (χ0n) is 11.6. The van der Waals surface area contributed by atoms with Gasteiger partial charge in [-0.05, 0) is 43.5 Å². The van der Waals surface area contributed by atoms with Crippen LogP contribution in [0.15, 0.2) is 24.3 Å². The number of carbonyl (C=O) groups is 1. The highest BCUT2D eigenvalue weighted by Gasteiger charge is 2.11. The summed E-state index contributed by atoms with van der Waals surface area (Å²) in [7, 11) is 0. The van der Waals surface area contributed by atoms with E-state index in [9.17, 15) is 4.79 Å². The van der Waals surface area contributed by atoms with Crippen LogP contribution >= 0.6 is 0 Å². The zero-order chi connectivity index (χ0) is 14.2. The molecule has 5 heteroatoms. The second kappa shape index (κ2) is 7.75. The maximum Gasteiger partial charge on any atom is 0.220 e. The van der Waals surface area contributed by atoms with E-state index < -0.39 is 0 Å². The van der Waals surface area contributed by atoms with Crippen molar-refractivity contribution in [1.29, 1.82) is 0 Å². The molecule has 3 N–H and O–H groups in total. The van der Waals surface area contributed by atoms with E-state index >= 15 is 0 Å². The lowest BCUT2D eigenvalue weighted by Gasteiger charge is -2.17. The van der Waals surface area contributed by atoms with Gasteiger partial charge in [-0.15, -0.1) is 0 Å². The summed E-state index contributed by atoms with van der Waals surface area (Å²) < 4.78 is 10.9.